The number of rotatable bonds is 2. The van der Waals surface area contributed by atoms with Crippen LogP contribution < -0.4 is 5.32 Å². The largest absolute Gasteiger partial charge is 0.391 e. The minimum absolute atomic E-state index is 0.0684. The first-order chi connectivity index (χ1) is 8.75. The van der Waals surface area contributed by atoms with Crippen LogP contribution in [0.2, 0.25) is 0 Å². The van der Waals surface area contributed by atoms with Crippen LogP contribution in [0, 0.1) is 0 Å². The number of fused-ring (bicyclic) bond motifs is 1. The SMILES string of the molecule is Cn1ncc2c(N[C@@H]3CCCC[C@H]3O)nncc21. The Balaban J connectivity index is 1.90. The summed E-state index contributed by atoms with van der Waals surface area (Å²) in [5.41, 5.74) is 0.942. The zero-order valence-electron chi connectivity index (χ0n) is 10.4. The van der Waals surface area contributed by atoms with Crippen LogP contribution in [-0.2, 0) is 7.05 Å². The summed E-state index contributed by atoms with van der Waals surface area (Å²) in [6.07, 6.45) is 7.25. The number of anilines is 1. The van der Waals surface area contributed by atoms with Gasteiger partial charge in [0.2, 0.25) is 0 Å². The van der Waals surface area contributed by atoms with Crippen LogP contribution in [0.3, 0.4) is 0 Å². The third kappa shape index (κ3) is 1.92. The van der Waals surface area contributed by atoms with Crippen molar-refractivity contribution < 1.29 is 5.11 Å². The number of aromatic nitrogens is 4. The Kier molecular flexibility index (Phi) is 2.87. The Bertz CT molecular complexity index is 552. The zero-order valence-corrected chi connectivity index (χ0v) is 10.4. The van der Waals surface area contributed by atoms with E-state index in [2.05, 4.69) is 20.6 Å². The molecule has 0 bridgehead atoms. The molecule has 6 heteroatoms. The molecule has 2 heterocycles. The van der Waals surface area contributed by atoms with Gasteiger partial charge in [0, 0.05) is 7.05 Å². The molecule has 3 rings (SSSR count). The van der Waals surface area contributed by atoms with Gasteiger partial charge in [0.05, 0.1) is 35.4 Å². The third-order valence-electron chi connectivity index (χ3n) is 3.63. The lowest BCUT2D eigenvalue weighted by atomic mass is 9.92. The molecule has 6 nitrogen and oxygen atoms in total. The van der Waals surface area contributed by atoms with Crippen molar-refractivity contribution in [1.82, 2.24) is 20.0 Å². The molecule has 1 aliphatic carbocycles. The van der Waals surface area contributed by atoms with Crippen LogP contribution in [-0.4, -0.2) is 37.2 Å². The number of hydrogen-bond acceptors (Lipinski definition) is 5. The van der Waals surface area contributed by atoms with E-state index in [1.807, 2.05) is 7.05 Å². The second-order valence-corrected chi connectivity index (χ2v) is 4.86. The Morgan fingerprint density at radius 3 is 3.00 bits per heavy atom. The minimum Gasteiger partial charge on any atom is -0.391 e. The fourth-order valence-corrected chi connectivity index (χ4v) is 2.54. The molecule has 0 amide bonds. The molecule has 2 aromatic heterocycles. The van der Waals surface area contributed by atoms with Gasteiger partial charge in [-0.05, 0) is 12.8 Å². The molecule has 96 valence electrons. The number of aliphatic hydroxyl groups is 1. The van der Waals surface area contributed by atoms with Crippen molar-refractivity contribution in [1.29, 1.82) is 0 Å². The van der Waals surface area contributed by atoms with Crippen LogP contribution in [0.1, 0.15) is 25.7 Å². The van der Waals surface area contributed by atoms with E-state index >= 15 is 0 Å². The van der Waals surface area contributed by atoms with Crippen molar-refractivity contribution in [2.45, 2.75) is 37.8 Å². The smallest absolute Gasteiger partial charge is 0.160 e. The molecule has 0 aromatic carbocycles. The van der Waals surface area contributed by atoms with E-state index in [0.29, 0.717) is 5.82 Å². The Hall–Kier alpha value is -1.69. The first-order valence-electron chi connectivity index (χ1n) is 6.33. The molecule has 2 atom stereocenters. The molecule has 0 spiro atoms. The van der Waals surface area contributed by atoms with Gasteiger partial charge in [0.25, 0.3) is 0 Å². The van der Waals surface area contributed by atoms with Gasteiger partial charge in [0.1, 0.15) is 0 Å². The fraction of sp³-hybridized carbons (Fsp3) is 0.583. The second-order valence-electron chi connectivity index (χ2n) is 4.86. The van der Waals surface area contributed by atoms with Gasteiger partial charge in [-0.25, -0.2) is 0 Å². The molecule has 0 radical (unpaired) electrons. The quantitative estimate of drug-likeness (QED) is 0.830. The molecule has 2 N–H and O–H groups in total. The number of aryl methyl sites for hydroxylation is 1. The van der Waals surface area contributed by atoms with Crippen molar-refractivity contribution in [3.05, 3.63) is 12.4 Å². The van der Waals surface area contributed by atoms with Crippen LogP contribution >= 0.6 is 0 Å². The highest BCUT2D eigenvalue weighted by molar-refractivity contribution is 5.88. The van der Waals surface area contributed by atoms with Gasteiger partial charge in [-0.1, -0.05) is 12.8 Å². The summed E-state index contributed by atoms with van der Waals surface area (Å²) in [5, 5.41) is 26.5. The maximum Gasteiger partial charge on any atom is 0.160 e. The Morgan fingerprint density at radius 1 is 1.33 bits per heavy atom. The average Bonchev–Trinajstić information content (AvgIpc) is 2.76. The number of aliphatic hydroxyl groups excluding tert-OH is 1. The average molecular weight is 247 g/mol. The predicted octanol–water partition coefficient (Wildman–Crippen LogP) is 1.08. The summed E-state index contributed by atoms with van der Waals surface area (Å²) >= 11 is 0. The lowest BCUT2D eigenvalue weighted by Gasteiger charge is -2.28. The Morgan fingerprint density at radius 2 is 2.17 bits per heavy atom. The topological polar surface area (TPSA) is 75.9 Å². The summed E-state index contributed by atoms with van der Waals surface area (Å²) in [6, 6.07) is 0.0684. The maximum absolute atomic E-state index is 9.98. The van der Waals surface area contributed by atoms with E-state index in [9.17, 15) is 5.11 Å². The lowest BCUT2D eigenvalue weighted by Crippen LogP contribution is -2.36. The van der Waals surface area contributed by atoms with Gasteiger partial charge in [-0.3, -0.25) is 4.68 Å². The first-order valence-corrected chi connectivity index (χ1v) is 6.33. The van der Waals surface area contributed by atoms with Crippen LogP contribution in [0.15, 0.2) is 12.4 Å². The van der Waals surface area contributed by atoms with Crippen molar-refractivity contribution in [2.75, 3.05) is 5.32 Å². The standard InChI is InChI=1S/C12H17N5O/c1-17-10-7-13-16-12(8(10)6-14-17)15-9-4-2-3-5-11(9)18/h6-7,9,11,18H,2-5H2,1H3,(H,15,16)/t9-,11-/m1/s1. The predicted molar refractivity (Wildman–Crippen MR) is 68.2 cm³/mol. The van der Waals surface area contributed by atoms with Crippen molar-refractivity contribution in [3.8, 4) is 0 Å². The van der Waals surface area contributed by atoms with Gasteiger partial charge in [-0.15, -0.1) is 5.10 Å². The molecule has 1 saturated carbocycles. The summed E-state index contributed by atoms with van der Waals surface area (Å²) in [5.74, 6) is 0.714. The molecule has 0 unspecified atom stereocenters. The number of nitrogens with zero attached hydrogens (tertiary/aromatic N) is 4. The van der Waals surface area contributed by atoms with E-state index in [4.69, 9.17) is 0 Å². The minimum atomic E-state index is -0.299. The molecular formula is C12H17N5O. The molecule has 0 aliphatic heterocycles. The molecule has 0 saturated heterocycles. The van der Waals surface area contributed by atoms with Gasteiger partial charge in [0.15, 0.2) is 5.82 Å². The maximum atomic E-state index is 9.98. The highest BCUT2D eigenvalue weighted by Crippen LogP contribution is 2.25. The molecule has 1 aliphatic rings. The summed E-state index contributed by atoms with van der Waals surface area (Å²) < 4.78 is 1.77. The Labute approximate surface area is 105 Å². The number of hydrogen-bond donors (Lipinski definition) is 2. The van der Waals surface area contributed by atoms with E-state index in [-0.39, 0.29) is 12.1 Å². The normalized spacial score (nSPS) is 24.3. The zero-order chi connectivity index (χ0) is 12.5. The van der Waals surface area contributed by atoms with Crippen LogP contribution in [0.25, 0.3) is 10.9 Å². The van der Waals surface area contributed by atoms with E-state index < -0.39 is 0 Å². The lowest BCUT2D eigenvalue weighted by molar-refractivity contribution is 0.116. The molecule has 18 heavy (non-hydrogen) atoms. The van der Waals surface area contributed by atoms with E-state index in [0.717, 1.165) is 36.6 Å². The highest BCUT2D eigenvalue weighted by Gasteiger charge is 2.24. The summed E-state index contributed by atoms with van der Waals surface area (Å²) in [6.45, 7) is 0. The molecule has 1 fully saturated rings. The summed E-state index contributed by atoms with van der Waals surface area (Å²) in [4.78, 5) is 0. The van der Waals surface area contributed by atoms with E-state index in [1.165, 1.54) is 0 Å². The molecular weight excluding hydrogens is 230 g/mol. The van der Waals surface area contributed by atoms with Gasteiger partial charge < -0.3 is 10.4 Å². The second kappa shape index (κ2) is 4.53. The first kappa shape index (κ1) is 11.4. The van der Waals surface area contributed by atoms with Crippen molar-refractivity contribution in [3.63, 3.8) is 0 Å². The van der Waals surface area contributed by atoms with Crippen molar-refractivity contribution in [2.24, 2.45) is 7.05 Å². The molecule has 2 aromatic rings. The van der Waals surface area contributed by atoms with Gasteiger partial charge in [-0.2, -0.15) is 10.2 Å². The van der Waals surface area contributed by atoms with E-state index in [1.54, 1.807) is 17.1 Å². The number of nitrogens with one attached hydrogen (secondary N) is 1. The monoisotopic (exact) mass is 247 g/mol. The van der Waals surface area contributed by atoms with Crippen LogP contribution in [0.5, 0.6) is 0 Å². The highest BCUT2D eigenvalue weighted by atomic mass is 16.3. The fourth-order valence-electron chi connectivity index (χ4n) is 2.54. The summed E-state index contributed by atoms with van der Waals surface area (Å²) in [7, 11) is 1.88. The third-order valence-corrected chi connectivity index (χ3v) is 3.63. The van der Waals surface area contributed by atoms with Crippen molar-refractivity contribution >= 4 is 16.7 Å². The van der Waals surface area contributed by atoms with Crippen LogP contribution in [0.4, 0.5) is 5.82 Å². The van der Waals surface area contributed by atoms with Gasteiger partial charge >= 0.3 is 0 Å².